The van der Waals surface area contributed by atoms with Crippen LogP contribution in [0.4, 0.5) is 11.6 Å². The van der Waals surface area contributed by atoms with Gasteiger partial charge in [0, 0.05) is 18.8 Å². The van der Waals surface area contributed by atoms with E-state index in [0.29, 0.717) is 17.4 Å². The summed E-state index contributed by atoms with van der Waals surface area (Å²) < 4.78 is 5.39. The van der Waals surface area contributed by atoms with Gasteiger partial charge in [0.05, 0.1) is 24.2 Å². The minimum atomic E-state index is -0.432. The number of carbonyl (C=O) groups excluding carboxylic acids is 2. The summed E-state index contributed by atoms with van der Waals surface area (Å²) in [4.78, 5) is 33.6. The molecule has 0 aliphatic heterocycles. The van der Waals surface area contributed by atoms with Gasteiger partial charge in [0.1, 0.15) is 5.75 Å². The molecule has 1 heterocycles. The standard InChI is InChI=1S/C18H22ClN5O3/c1-3-24(4-2)18-21-11-14(19)16(23-18)17(26)22-12-5-7-13(8-6-12)27-10-9-15(20)25/h5-8,11H,3-4,9-10H2,1-2H3,(H2,20,25)(H,22,26). The van der Waals surface area contributed by atoms with Crippen molar-refractivity contribution < 1.29 is 14.3 Å². The van der Waals surface area contributed by atoms with Crippen molar-refractivity contribution in [2.75, 3.05) is 29.9 Å². The number of anilines is 2. The van der Waals surface area contributed by atoms with E-state index in [9.17, 15) is 9.59 Å². The molecule has 1 aromatic carbocycles. The summed E-state index contributed by atoms with van der Waals surface area (Å²) >= 11 is 6.09. The molecule has 0 atom stereocenters. The van der Waals surface area contributed by atoms with E-state index in [0.717, 1.165) is 13.1 Å². The van der Waals surface area contributed by atoms with E-state index in [2.05, 4.69) is 15.3 Å². The van der Waals surface area contributed by atoms with Crippen molar-refractivity contribution in [3.63, 3.8) is 0 Å². The molecule has 8 nitrogen and oxygen atoms in total. The van der Waals surface area contributed by atoms with Crippen LogP contribution >= 0.6 is 11.6 Å². The molecule has 9 heteroatoms. The summed E-state index contributed by atoms with van der Waals surface area (Å²) in [5, 5.41) is 2.92. The number of ether oxygens (including phenoxy) is 1. The van der Waals surface area contributed by atoms with E-state index in [1.165, 1.54) is 6.20 Å². The van der Waals surface area contributed by atoms with Gasteiger partial charge in [-0.15, -0.1) is 0 Å². The Bertz CT molecular complexity index is 794. The fourth-order valence-electron chi connectivity index (χ4n) is 2.27. The average molecular weight is 392 g/mol. The molecular formula is C18H22ClN5O3. The Morgan fingerprint density at radius 2 is 1.89 bits per heavy atom. The first-order chi connectivity index (χ1) is 12.9. The van der Waals surface area contributed by atoms with Gasteiger partial charge in [0.25, 0.3) is 5.91 Å². The molecule has 0 radical (unpaired) electrons. The molecule has 2 amide bonds. The number of amides is 2. The summed E-state index contributed by atoms with van der Waals surface area (Å²) in [5.41, 5.74) is 5.72. The number of hydrogen-bond acceptors (Lipinski definition) is 6. The largest absolute Gasteiger partial charge is 0.493 e. The highest BCUT2D eigenvalue weighted by Crippen LogP contribution is 2.20. The van der Waals surface area contributed by atoms with E-state index in [1.807, 2.05) is 18.7 Å². The Hall–Kier alpha value is -2.87. The summed E-state index contributed by atoms with van der Waals surface area (Å²) in [6.45, 7) is 5.60. The number of rotatable bonds is 9. The Labute approximate surface area is 162 Å². The highest BCUT2D eigenvalue weighted by molar-refractivity contribution is 6.34. The van der Waals surface area contributed by atoms with Gasteiger partial charge in [-0.1, -0.05) is 11.6 Å². The fraction of sp³-hybridized carbons (Fsp3) is 0.333. The quantitative estimate of drug-likeness (QED) is 0.679. The zero-order chi connectivity index (χ0) is 19.8. The zero-order valence-electron chi connectivity index (χ0n) is 15.2. The summed E-state index contributed by atoms with van der Waals surface area (Å²) in [6.07, 6.45) is 1.56. The van der Waals surface area contributed by atoms with Gasteiger partial charge in [0.15, 0.2) is 5.69 Å². The predicted octanol–water partition coefficient (Wildman–Crippen LogP) is 2.48. The van der Waals surface area contributed by atoms with Crippen molar-refractivity contribution in [1.29, 1.82) is 0 Å². The van der Waals surface area contributed by atoms with Gasteiger partial charge in [-0.2, -0.15) is 0 Å². The van der Waals surface area contributed by atoms with Crippen LogP contribution in [0.3, 0.4) is 0 Å². The zero-order valence-corrected chi connectivity index (χ0v) is 16.0. The van der Waals surface area contributed by atoms with Crippen molar-refractivity contribution in [1.82, 2.24) is 9.97 Å². The summed E-state index contributed by atoms with van der Waals surface area (Å²) in [5.74, 6) is 0.161. The first-order valence-electron chi connectivity index (χ1n) is 8.54. The third-order valence-corrected chi connectivity index (χ3v) is 4.00. The number of nitrogens with zero attached hydrogens (tertiary/aromatic N) is 3. The maximum Gasteiger partial charge on any atom is 0.276 e. The highest BCUT2D eigenvalue weighted by Gasteiger charge is 2.16. The molecule has 0 bridgehead atoms. The third kappa shape index (κ3) is 5.82. The molecule has 0 unspecified atom stereocenters. The molecular weight excluding hydrogens is 370 g/mol. The molecule has 0 aliphatic rings. The minimum absolute atomic E-state index is 0.107. The molecule has 1 aromatic heterocycles. The van der Waals surface area contributed by atoms with E-state index in [1.54, 1.807) is 24.3 Å². The van der Waals surface area contributed by atoms with Gasteiger partial charge in [-0.25, -0.2) is 9.97 Å². The topological polar surface area (TPSA) is 110 Å². The number of benzene rings is 1. The number of hydrogen-bond donors (Lipinski definition) is 2. The van der Waals surface area contributed by atoms with Crippen LogP contribution in [0.2, 0.25) is 5.02 Å². The molecule has 0 aliphatic carbocycles. The van der Waals surface area contributed by atoms with E-state index < -0.39 is 11.8 Å². The minimum Gasteiger partial charge on any atom is -0.493 e. The number of primary amides is 1. The van der Waals surface area contributed by atoms with Crippen LogP contribution < -0.4 is 20.7 Å². The highest BCUT2D eigenvalue weighted by atomic mass is 35.5. The Morgan fingerprint density at radius 3 is 2.48 bits per heavy atom. The summed E-state index contributed by atoms with van der Waals surface area (Å²) in [6, 6.07) is 6.72. The number of nitrogens with one attached hydrogen (secondary N) is 1. The lowest BCUT2D eigenvalue weighted by atomic mass is 10.3. The van der Waals surface area contributed by atoms with Crippen LogP contribution in [-0.4, -0.2) is 41.5 Å². The van der Waals surface area contributed by atoms with Crippen molar-refractivity contribution in [3.05, 3.63) is 41.2 Å². The van der Waals surface area contributed by atoms with Crippen molar-refractivity contribution >= 4 is 35.1 Å². The van der Waals surface area contributed by atoms with Crippen molar-refractivity contribution in [3.8, 4) is 5.75 Å². The number of nitrogens with two attached hydrogens (primary N) is 1. The van der Waals surface area contributed by atoms with Crippen LogP contribution in [0.5, 0.6) is 5.75 Å². The van der Waals surface area contributed by atoms with Gasteiger partial charge >= 0.3 is 0 Å². The van der Waals surface area contributed by atoms with Crippen molar-refractivity contribution in [2.24, 2.45) is 5.73 Å². The lowest BCUT2D eigenvalue weighted by molar-refractivity contribution is -0.118. The summed E-state index contributed by atoms with van der Waals surface area (Å²) in [7, 11) is 0. The molecule has 0 spiro atoms. The van der Waals surface area contributed by atoms with E-state index >= 15 is 0 Å². The molecule has 0 saturated carbocycles. The lowest BCUT2D eigenvalue weighted by Crippen LogP contribution is -2.25. The first kappa shape index (κ1) is 20.4. The average Bonchev–Trinajstić information content (AvgIpc) is 2.65. The van der Waals surface area contributed by atoms with Gasteiger partial charge < -0.3 is 20.7 Å². The van der Waals surface area contributed by atoms with Gasteiger partial charge in [0.2, 0.25) is 11.9 Å². The second kappa shape index (κ2) is 9.72. The molecule has 3 N–H and O–H groups in total. The number of aromatic nitrogens is 2. The third-order valence-electron chi connectivity index (χ3n) is 3.72. The van der Waals surface area contributed by atoms with Crippen LogP contribution in [-0.2, 0) is 4.79 Å². The molecule has 0 saturated heterocycles. The number of halogens is 1. The Balaban J connectivity index is 2.06. The second-order valence-corrected chi connectivity index (χ2v) is 5.99. The Morgan fingerprint density at radius 1 is 1.22 bits per heavy atom. The van der Waals surface area contributed by atoms with Crippen LogP contribution in [0.15, 0.2) is 30.5 Å². The number of carbonyl (C=O) groups is 2. The molecule has 2 aromatic rings. The van der Waals surface area contributed by atoms with Gasteiger partial charge in [-0.05, 0) is 38.1 Å². The van der Waals surface area contributed by atoms with Crippen LogP contribution in [0.25, 0.3) is 0 Å². The van der Waals surface area contributed by atoms with E-state index in [-0.39, 0.29) is 23.7 Å². The normalized spacial score (nSPS) is 10.3. The molecule has 144 valence electrons. The molecule has 2 rings (SSSR count). The maximum absolute atomic E-state index is 12.5. The van der Waals surface area contributed by atoms with E-state index in [4.69, 9.17) is 22.1 Å². The second-order valence-electron chi connectivity index (χ2n) is 5.58. The lowest BCUT2D eigenvalue weighted by Gasteiger charge is -2.19. The first-order valence-corrected chi connectivity index (χ1v) is 8.92. The molecule has 0 fully saturated rings. The smallest absolute Gasteiger partial charge is 0.276 e. The monoisotopic (exact) mass is 391 g/mol. The van der Waals surface area contributed by atoms with Gasteiger partial charge in [-0.3, -0.25) is 9.59 Å². The van der Waals surface area contributed by atoms with Crippen LogP contribution in [0, 0.1) is 0 Å². The predicted molar refractivity (Wildman–Crippen MR) is 104 cm³/mol. The van der Waals surface area contributed by atoms with Crippen molar-refractivity contribution in [2.45, 2.75) is 20.3 Å². The van der Waals surface area contributed by atoms with Crippen LogP contribution in [0.1, 0.15) is 30.8 Å². The fourth-order valence-corrected chi connectivity index (χ4v) is 2.45. The maximum atomic E-state index is 12.5. The Kier molecular flexibility index (Phi) is 7.36. The SMILES string of the molecule is CCN(CC)c1ncc(Cl)c(C(=O)Nc2ccc(OCCC(N)=O)cc2)n1. The molecule has 27 heavy (non-hydrogen) atoms.